The molecule has 4 rings (SSSR count). The van der Waals surface area contributed by atoms with E-state index >= 15 is 0 Å². The average molecular weight is 494 g/mol. The van der Waals surface area contributed by atoms with Crippen molar-refractivity contribution >= 4 is 57.1 Å². The number of ether oxygens (including phenoxy) is 2. The summed E-state index contributed by atoms with van der Waals surface area (Å²) < 4.78 is 25.2. The molecule has 5 atom stereocenters. The summed E-state index contributed by atoms with van der Waals surface area (Å²) >= 11 is 14.2. The molecule has 1 aromatic heterocycles. The number of anilines is 1. The van der Waals surface area contributed by atoms with E-state index < -0.39 is 29.5 Å². The molecule has 2 fully saturated rings. The number of nitrogens with zero attached hydrogens (tertiary/aromatic N) is 2. The molecule has 1 aromatic carbocycles. The van der Waals surface area contributed by atoms with Crippen molar-refractivity contribution in [1.82, 2.24) is 9.99 Å². The SMILES string of the molecule is N/C(=C\N(N)C1C(O)C(Sc2cc(Cl)c(F)c(Cl)c2)OC2COC21)c1csc(N)n1. The van der Waals surface area contributed by atoms with Crippen molar-refractivity contribution in [3.8, 4) is 0 Å². The number of aliphatic hydroxyl groups is 1. The highest BCUT2D eigenvalue weighted by molar-refractivity contribution is 7.99. The summed E-state index contributed by atoms with van der Waals surface area (Å²) in [6, 6.07) is 2.20. The van der Waals surface area contributed by atoms with Gasteiger partial charge in [0.25, 0.3) is 0 Å². The third-order valence-electron chi connectivity index (χ3n) is 4.75. The van der Waals surface area contributed by atoms with Crippen molar-refractivity contribution in [2.75, 3.05) is 12.3 Å². The Labute approximate surface area is 189 Å². The van der Waals surface area contributed by atoms with E-state index in [4.69, 9.17) is 50.0 Å². The van der Waals surface area contributed by atoms with Crippen LogP contribution >= 0.6 is 46.3 Å². The van der Waals surface area contributed by atoms with Crippen molar-refractivity contribution < 1.29 is 19.0 Å². The summed E-state index contributed by atoms with van der Waals surface area (Å²) in [5.74, 6) is 5.52. The number of halogens is 3. The molecular weight excluding hydrogens is 476 g/mol. The molecular formula is C17H18Cl2FN5O3S2. The van der Waals surface area contributed by atoms with Gasteiger partial charge in [-0.15, -0.1) is 11.3 Å². The summed E-state index contributed by atoms with van der Waals surface area (Å²) in [4.78, 5) is 4.66. The lowest BCUT2D eigenvalue weighted by molar-refractivity contribution is -0.269. The first-order valence-electron chi connectivity index (χ1n) is 8.72. The standard InChI is InChI=1S/C17H18Cl2FN5O3S2/c18-7-1-6(2-8(19)12(7)20)30-16-14(26)13(15-11(28-16)4-27-15)25(23)3-9(21)10-5-29-17(22)24-10/h1-3,5,11,13-16,26H,4,21,23H2,(H2,22,24)/b9-3-. The van der Waals surface area contributed by atoms with Crippen LogP contribution in [0.4, 0.5) is 9.52 Å². The van der Waals surface area contributed by atoms with E-state index in [2.05, 4.69) is 4.98 Å². The monoisotopic (exact) mass is 493 g/mol. The molecule has 0 aliphatic carbocycles. The first-order chi connectivity index (χ1) is 14.2. The normalized spacial score (nSPS) is 28.7. The number of hydrazine groups is 1. The summed E-state index contributed by atoms with van der Waals surface area (Å²) in [7, 11) is 0. The Hall–Kier alpha value is -1.31. The van der Waals surface area contributed by atoms with E-state index in [1.54, 1.807) is 5.38 Å². The van der Waals surface area contributed by atoms with Crippen LogP contribution < -0.4 is 17.3 Å². The van der Waals surface area contributed by atoms with Gasteiger partial charge in [0.2, 0.25) is 0 Å². The maximum atomic E-state index is 13.7. The predicted octanol–water partition coefficient (Wildman–Crippen LogP) is 2.25. The number of thiazole rings is 1. The smallest absolute Gasteiger partial charge is 0.180 e. The van der Waals surface area contributed by atoms with Gasteiger partial charge in [-0.25, -0.2) is 15.2 Å². The quantitative estimate of drug-likeness (QED) is 0.281. The van der Waals surface area contributed by atoms with Gasteiger partial charge < -0.3 is 31.1 Å². The molecule has 2 aromatic rings. The second-order valence-corrected chi connectivity index (χ2v) is 9.62. The zero-order chi connectivity index (χ0) is 21.6. The van der Waals surface area contributed by atoms with E-state index in [9.17, 15) is 9.50 Å². The van der Waals surface area contributed by atoms with Crippen LogP contribution in [-0.4, -0.2) is 51.5 Å². The van der Waals surface area contributed by atoms with Gasteiger partial charge >= 0.3 is 0 Å². The molecule has 0 saturated carbocycles. The number of hydrogen-bond acceptors (Lipinski definition) is 10. The molecule has 0 amide bonds. The maximum absolute atomic E-state index is 13.7. The van der Waals surface area contributed by atoms with Crippen LogP contribution in [0, 0.1) is 5.82 Å². The number of rotatable bonds is 5. The van der Waals surface area contributed by atoms with Gasteiger partial charge in [0.1, 0.15) is 35.5 Å². The molecule has 7 N–H and O–H groups in total. The molecule has 0 spiro atoms. The van der Waals surface area contributed by atoms with Crippen LogP contribution in [0.5, 0.6) is 0 Å². The zero-order valence-electron chi connectivity index (χ0n) is 15.2. The Morgan fingerprint density at radius 1 is 1.40 bits per heavy atom. The van der Waals surface area contributed by atoms with Crippen molar-refractivity contribution in [3.63, 3.8) is 0 Å². The van der Waals surface area contributed by atoms with Crippen LogP contribution in [0.1, 0.15) is 5.69 Å². The highest BCUT2D eigenvalue weighted by atomic mass is 35.5. The number of benzene rings is 1. The lowest BCUT2D eigenvalue weighted by Crippen LogP contribution is -2.69. The molecule has 5 unspecified atom stereocenters. The Morgan fingerprint density at radius 2 is 2.10 bits per heavy atom. The van der Waals surface area contributed by atoms with Gasteiger partial charge in [-0.05, 0) is 12.1 Å². The van der Waals surface area contributed by atoms with Gasteiger partial charge in [-0.1, -0.05) is 35.0 Å². The summed E-state index contributed by atoms with van der Waals surface area (Å²) in [5, 5.41) is 14.1. The fourth-order valence-electron chi connectivity index (χ4n) is 3.24. The third-order valence-corrected chi connectivity index (χ3v) is 7.11. The highest BCUT2D eigenvalue weighted by Crippen LogP contribution is 2.40. The molecule has 30 heavy (non-hydrogen) atoms. The molecule has 2 saturated heterocycles. The molecule has 162 valence electrons. The number of fused-ring (bicyclic) bond motifs is 1. The van der Waals surface area contributed by atoms with Gasteiger partial charge in [-0.3, -0.25) is 0 Å². The maximum Gasteiger partial charge on any atom is 0.180 e. The lowest BCUT2D eigenvalue weighted by atomic mass is 9.93. The number of thioether (sulfide) groups is 1. The largest absolute Gasteiger partial charge is 0.396 e. The van der Waals surface area contributed by atoms with Crippen LogP contribution in [0.25, 0.3) is 5.70 Å². The Bertz CT molecular complexity index is 958. The van der Waals surface area contributed by atoms with Crippen molar-refractivity contribution in [1.29, 1.82) is 0 Å². The minimum absolute atomic E-state index is 0.115. The van der Waals surface area contributed by atoms with Crippen molar-refractivity contribution in [2.45, 2.75) is 34.7 Å². The minimum Gasteiger partial charge on any atom is -0.396 e. The summed E-state index contributed by atoms with van der Waals surface area (Å²) in [6.07, 6.45) is -0.293. The number of aliphatic hydroxyl groups excluding tert-OH is 1. The minimum atomic E-state index is -1.06. The predicted molar refractivity (Wildman–Crippen MR) is 115 cm³/mol. The highest BCUT2D eigenvalue weighted by Gasteiger charge is 2.52. The third kappa shape index (κ3) is 4.21. The van der Waals surface area contributed by atoms with Crippen LogP contribution in [-0.2, 0) is 9.47 Å². The number of aromatic nitrogens is 1. The average Bonchev–Trinajstić information content (AvgIpc) is 3.11. The van der Waals surface area contributed by atoms with E-state index in [0.717, 1.165) is 11.8 Å². The van der Waals surface area contributed by atoms with Crippen molar-refractivity contribution in [2.24, 2.45) is 11.6 Å². The Morgan fingerprint density at radius 3 is 2.67 bits per heavy atom. The van der Waals surface area contributed by atoms with Crippen LogP contribution in [0.15, 0.2) is 28.6 Å². The second kappa shape index (κ2) is 8.67. The fourth-order valence-corrected chi connectivity index (χ4v) is 5.57. The fraction of sp³-hybridized carbons (Fsp3) is 0.353. The van der Waals surface area contributed by atoms with Gasteiger partial charge in [0.15, 0.2) is 10.9 Å². The zero-order valence-corrected chi connectivity index (χ0v) is 18.4. The summed E-state index contributed by atoms with van der Waals surface area (Å²) in [5.41, 5.74) is 11.8. The van der Waals surface area contributed by atoms with Gasteiger partial charge in [0.05, 0.1) is 22.3 Å². The Kier molecular flexibility index (Phi) is 6.33. The van der Waals surface area contributed by atoms with Gasteiger partial charge in [-0.2, -0.15) is 0 Å². The van der Waals surface area contributed by atoms with Crippen LogP contribution in [0.3, 0.4) is 0 Å². The van der Waals surface area contributed by atoms with E-state index in [-0.39, 0.29) is 16.1 Å². The topological polar surface area (TPSA) is 133 Å². The Balaban J connectivity index is 1.54. The lowest BCUT2D eigenvalue weighted by Gasteiger charge is -2.52. The molecule has 2 aliphatic rings. The van der Waals surface area contributed by atoms with E-state index in [1.165, 1.54) is 34.7 Å². The summed E-state index contributed by atoms with van der Waals surface area (Å²) in [6.45, 7) is 0.367. The first-order valence-corrected chi connectivity index (χ1v) is 11.2. The number of nitrogens with two attached hydrogens (primary N) is 3. The molecule has 2 aliphatic heterocycles. The first kappa shape index (κ1) is 21.9. The second-order valence-electron chi connectivity index (χ2n) is 6.74. The molecule has 8 nitrogen and oxygen atoms in total. The van der Waals surface area contributed by atoms with Crippen LogP contribution in [0.2, 0.25) is 10.0 Å². The van der Waals surface area contributed by atoms with E-state index in [0.29, 0.717) is 28.0 Å². The van der Waals surface area contributed by atoms with Gasteiger partial charge in [0, 0.05) is 16.5 Å². The van der Waals surface area contributed by atoms with Crippen molar-refractivity contribution in [3.05, 3.63) is 45.3 Å². The molecule has 3 heterocycles. The number of nitrogen functional groups attached to an aromatic ring is 1. The number of hydrogen-bond donors (Lipinski definition) is 4. The molecule has 13 heteroatoms. The molecule has 0 radical (unpaired) electrons. The van der Waals surface area contributed by atoms with E-state index in [1.807, 2.05) is 0 Å². The molecule has 0 bridgehead atoms.